The van der Waals surface area contributed by atoms with Crippen LogP contribution >= 0.6 is 11.6 Å². The van der Waals surface area contributed by atoms with E-state index >= 15 is 0 Å². The molecule has 0 aromatic heterocycles. The molecule has 0 saturated heterocycles. The van der Waals surface area contributed by atoms with Crippen LogP contribution in [0.1, 0.15) is 30.4 Å². The number of halogens is 1. The molecule has 0 saturated carbocycles. The van der Waals surface area contributed by atoms with Crippen molar-refractivity contribution < 1.29 is 0 Å². The maximum absolute atomic E-state index is 6.11. The molecule has 1 aromatic carbocycles. The highest BCUT2D eigenvalue weighted by atomic mass is 35.5. The van der Waals surface area contributed by atoms with Gasteiger partial charge in [-0.15, -0.1) is 0 Å². The SMILES string of the molecule is Cc1c(Cl)ccc2c1NCC2CC(C)CN. The van der Waals surface area contributed by atoms with Crippen LogP contribution in [0.4, 0.5) is 5.69 Å². The Hall–Kier alpha value is -0.730. The van der Waals surface area contributed by atoms with Gasteiger partial charge in [0, 0.05) is 23.2 Å². The van der Waals surface area contributed by atoms with Gasteiger partial charge in [0.25, 0.3) is 0 Å². The van der Waals surface area contributed by atoms with Gasteiger partial charge in [0.15, 0.2) is 0 Å². The molecule has 2 nitrogen and oxygen atoms in total. The van der Waals surface area contributed by atoms with Crippen molar-refractivity contribution in [2.75, 3.05) is 18.4 Å². The van der Waals surface area contributed by atoms with E-state index in [2.05, 4.69) is 25.2 Å². The summed E-state index contributed by atoms with van der Waals surface area (Å²) in [6, 6.07) is 4.15. The maximum atomic E-state index is 6.11. The first kappa shape index (κ1) is 11.7. The standard InChI is InChI=1S/C13H19ClN2/c1-8(6-15)5-10-7-16-13-9(2)12(14)4-3-11(10)13/h3-4,8,10,16H,5-7,15H2,1-2H3. The number of rotatable bonds is 3. The molecule has 0 fully saturated rings. The number of benzene rings is 1. The summed E-state index contributed by atoms with van der Waals surface area (Å²) in [5.74, 6) is 1.17. The molecule has 1 aliphatic rings. The Morgan fingerprint density at radius 3 is 3.00 bits per heavy atom. The summed E-state index contributed by atoms with van der Waals surface area (Å²) in [6.07, 6.45) is 1.15. The van der Waals surface area contributed by atoms with Gasteiger partial charge in [0.1, 0.15) is 0 Å². The van der Waals surface area contributed by atoms with Gasteiger partial charge in [-0.3, -0.25) is 0 Å². The highest BCUT2D eigenvalue weighted by Gasteiger charge is 2.25. The van der Waals surface area contributed by atoms with E-state index in [-0.39, 0.29) is 0 Å². The maximum Gasteiger partial charge on any atom is 0.0455 e. The first-order chi connectivity index (χ1) is 7.63. The van der Waals surface area contributed by atoms with Crippen LogP contribution in [0, 0.1) is 12.8 Å². The van der Waals surface area contributed by atoms with E-state index in [0.29, 0.717) is 11.8 Å². The predicted octanol–water partition coefficient (Wildman–Crippen LogP) is 3.14. The van der Waals surface area contributed by atoms with Crippen LogP contribution in [-0.2, 0) is 0 Å². The fourth-order valence-electron chi connectivity index (χ4n) is 2.41. The highest BCUT2D eigenvalue weighted by Crippen LogP contribution is 2.39. The summed E-state index contributed by atoms with van der Waals surface area (Å²) in [5.41, 5.74) is 9.49. The number of nitrogens with one attached hydrogen (secondary N) is 1. The summed E-state index contributed by atoms with van der Waals surface area (Å²) in [6.45, 7) is 6.06. The lowest BCUT2D eigenvalue weighted by Crippen LogP contribution is -2.15. The third kappa shape index (κ3) is 2.04. The number of hydrogen-bond donors (Lipinski definition) is 2. The molecular weight excluding hydrogens is 220 g/mol. The molecule has 0 spiro atoms. The van der Waals surface area contributed by atoms with Crippen LogP contribution in [0.15, 0.2) is 12.1 Å². The molecule has 16 heavy (non-hydrogen) atoms. The van der Waals surface area contributed by atoms with Gasteiger partial charge >= 0.3 is 0 Å². The van der Waals surface area contributed by atoms with E-state index in [1.54, 1.807) is 0 Å². The molecule has 2 rings (SSSR count). The van der Waals surface area contributed by atoms with Gasteiger partial charge in [-0.05, 0) is 43.0 Å². The first-order valence-electron chi connectivity index (χ1n) is 5.86. The second-order valence-corrected chi connectivity index (χ2v) is 5.20. The third-order valence-corrected chi connectivity index (χ3v) is 3.89. The summed E-state index contributed by atoms with van der Waals surface area (Å²) in [5, 5.41) is 4.31. The van der Waals surface area contributed by atoms with Gasteiger partial charge in [-0.25, -0.2) is 0 Å². The Balaban J connectivity index is 2.24. The molecule has 88 valence electrons. The van der Waals surface area contributed by atoms with Crippen molar-refractivity contribution >= 4 is 17.3 Å². The Morgan fingerprint density at radius 1 is 1.56 bits per heavy atom. The minimum Gasteiger partial charge on any atom is -0.384 e. The summed E-state index contributed by atoms with van der Waals surface area (Å²) in [4.78, 5) is 0. The zero-order valence-electron chi connectivity index (χ0n) is 9.89. The van der Waals surface area contributed by atoms with Crippen LogP contribution in [0.5, 0.6) is 0 Å². The molecule has 0 radical (unpaired) electrons. The van der Waals surface area contributed by atoms with E-state index in [9.17, 15) is 0 Å². The van der Waals surface area contributed by atoms with Crippen molar-refractivity contribution in [3.05, 3.63) is 28.3 Å². The predicted molar refractivity (Wildman–Crippen MR) is 70.3 cm³/mol. The molecule has 3 N–H and O–H groups in total. The largest absolute Gasteiger partial charge is 0.384 e. The monoisotopic (exact) mass is 238 g/mol. The van der Waals surface area contributed by atoms with Gasteiger partial charge < -0.3 is 11.1 Å². The summed E-state index contributed by atoms with van der Waals surface area (Å²) < 4.78 is 0. The van der Waals surface area contributed by atoms with Gasteiger partial charge in [-0.2, -0.15) is 0 Å². The van der Waals surface area contributed by atoms with Gasteiger partial charge in [0.2, 0.25) is 0 Å². The Kier molecular flexibility index (Phi) is 3.41. The van der Waals surface area contributed by atoms with Crippen molar-refractivity contribution in [2.45, 2.75) is 26.2 Å². The van der Waals surface area contributed by atoms with Crippen LogP contribution < -0.4 is 11.1 Å². The first-order valence-corrected chi connectivity index (χ1v) is 6.24. The minimum atomic E-state index is 0.578. The zero-order valence-corrected chi connectivity index (χ0v) is 10.6. The Labute approximate surface area is 102 Å². The van der Waals surface area contributed by atoms with E-state index in [0.717, 1.165) is 24.5 Å². The van der Waals surface area contributed by atoms with Gasteiger partial charge in [0.05, 0.1) is 0 Å². The molecule has 2 unspecified atom stereocenters. The number of fused-ring (bicyclic) bond motifs is 1. The molecule has 1 aliphatic heterocycles. The number of anilines is 1. The quantitative estimate of drug-likeness (QED) is 0.849. The number of hydrogen-bond acceptors (Lipinski definition) is 2. The zero-order chi connectivity index (χ0) is 11.7. The average Bonchev–Trinajstić information content (AvgIpc) is 2.67. The molecule has 0 aliphatic carbocycles. The summed E-state index contributed by atoms with van der Waals surface area (Å²) in [7, 11) is 0. The minimum absolute atomic E-state index is 0.578. The number of nitrogens with two attached hydrogens (primary N) is 1. The van der Waals surface area contributed by atoms with Crippen molar-refractivity contribution in [1.82, 2.24) is 0 Å². The Bertz CT molecular complexity index is 390. The molecule has 1 heterocycles. The lowest BCUT2D eigenvalue weighted by atomic mass is 9.90. The Morgan fingerprint density at radius 2 is 2.31 bits per heavy atom. The summed E-state index contributed by atoms with van der Waals surface area (Å²) >= 11 is 6.11. The lowest BCUT2D eigenvalue weighted by Gasteiger charge is -2.15. The second-order valence-electron chi connectivity index (χ2n) is 4.79. The van der Waals surface area contributed by atoms with Crippen molar-refractivity contribution in [1.29, 1.82) is 0 Å². The van der Waals surface area contributed by atoms with E-state index in [4.69, 9.17) is 17.3 Å². The molecule has 1 aromatic rings. The fourth-order valence-corrected chi connectivity index (χ4v) is 2.57. The van der Waals surface area contributed by atoms with Crippen molar-refractivity contribution in [3.63, 3.8) is 0 Å². The van der Waals surface area contributed by atoms with E-state index in [1.807, 2.05) is 6.07 Å². The van der Waals surface area contributed by atoms with Crippen LogP contribution in [0.3, 0.4) is 0 Å². The van der Waals surface area contributed by atoms with Crippen molar-refractivity contribution in [3.8, 4) is 0 Å². The van der Waals surface area contributed by atoms with Crippen LogP contribution in [0.25, 0.3) is 0 Å². The van der Waals surface area contributed by atoms with Crippen LogP contribution in [-0.4, -0.2) is 13.1 Å². The van der Waals surface area contributed by atoms with Crippen molar-refractivity contribution in [2.24, 2.45) is 11.7 Å². The third-order valence-electron chi connectivity index (χ3n) is 3.49. The van der Waals surface area contributed by atoms with Gasteiger partial charge in [-0.1, -0.05) is 24.6 Å². The molecule has 0 bridgehead atoms. The lowest BCUT2D eigenvalue weighted by molar-refractivity contribution is 0.493. The van der Waals surface area contributed by atoms with Crippen LogP contribution in [0.2, 0.25) is 5.02 Å². The average molecular weight is 239 g/mol. The molecule has 3 heteroatoms. The fraction of sp³-hybridized carbons (Fsp3) is 0.538. The second kappa shape index (κ2) is 4.64. The van der Waals surface area contributed by atoms with E-state index < -0.39 is 0 Å². The smallest absolute Gasteiger partial charge is 0.0455 e. The molecule has 2 atom stereocenters. The topological polar surface area (TPSA) is 38.0 Å². The van der Waals surface area contributed by atoms with E-state index in [1.165, 1.54) is 16.8 Å². The normalized spacial score (nSPS) is 20.4. The highest BCUT2D eigenvalue weighted by molar-refractivity contribution is 6.31. The molecular formula is C13H19ClN2. The molecule has 0 amide bonds.